The summed E-state index contributed by atoms with van der Waals surface area (Å²) in [6.45, 7) is 8.72. The molecule has 2 heterocycles. The van der Waals surface area contributed by atoms with Crippen molar-refractivity contribution in [1.29, 1.82) is 0 Å². The van der Waals surface area contributed by atoms with Crippen LogP contribution in [0.5, 0.6) is 11.5 Å². The van der Waals surface area contributed by atoms with Crippen LogP contribution in [0.1, 0.15) is 25.8 Å². The zero-order chi connectivity index (χ0) is 16.9. The highest BCUT2D eigenvalue weighted by Gasteiger charge is 2.19. The Balaban J connectivity index is 1.48. The quantitative estimate of drug-likeness (QED) is 0.730. The van der Waals surface area contributed by atoms with Gasteiger partial charge in [0.05, 0.1) is 13.2 Å². The molecule has 0 spiro atoms. The number of hydrogen-bond donors (Lipinski definition) is 1. The van der Waals surface area contributed by atoms with Gasteiger partial charge in [0.2, 0.25) is 12.7 Å². The Labute approximate surface area is 143 Å². The molecule has 2 aliphatic heterocycles. The van der Waals surface area contributed by atoms with E-state index in [9.17, 15) is 4.79 Å². The van der Waals surface area contributed by atoms with Crippen LogP contribution in [-0.2, 0) is 11.2 Å². The Morgan fingerprint density at radius 2 is 2.12 bits per heavy atom. The van der Waals surface area contributed by atoms with Gasteiger partial charge in [-0.1, -0.05) is 13.0 Å². The summed E-state index contributed by atoms with van der Waals surface area (Å²) in [5.41, 5.74) is 1.22. The Morgan fingerprint density at radius 1 is 1.33 bits per heavy atom. The van der Waals surface area contributed by atoms with Gasteiger partial charge in [-0.25, -0.2) is 0 Å². The highest BCUT2D eigenvalue weighted by Crippen LogP contribution is 2.32. The number of fused-ring (bicyclic) bond motifs is 1. The summed E-state index contributed by atoms with van der Waals surface area (Å²) in [5, 5.41) is 3.04. The third-order valence-electron chi connectivity index (χ3n) is 4.79. The highest BCUT2D eigenvalue weighted by molar-refractivity contribution is 5.78. The van der Waals surface area contributed by atoms with Gasteiger partial charge in [-0.2, -0.15) is 0 Å². The van der Waals surface area contributed by atoms with Crippen LogP contribution in [0.25, 0.3) is 0 Å². The first kappa shape index (κ1) is 17.0. The van der Waals surface area contributed by atoms with Crippen LogP contribution in [0, 0.1) is 0 Å². The molecule has 0 radical (unpaired) electrons. The zero-order valence-corrected chi connectivity index (χ0v) is 14.6. The minimum atomic E-state index is 0.114. The second-order valence-electron chi connectivity index (χ2n) is 6.53. The normalized spacial score (nSPS) is 17.6. The molecule has 2 aliphatic rings. The van der Waals surface area contributed by atoms with Crippen molar-refractivity contribution >= 4 is 5.91 Å². The van der Waals surface area contributed by atoms with E-state index in [2.05, 4.69) is 41.1 Å². The SMILES string of the molecule is CCN(CNC(=O)CN1CCC1)C(C)Cc1ccc2c(c1)OCO2. The van der Waals surface area contributed by atoms with Gasteiger partial charge in [-0.05, 0) is 57.1 Å². The van der Waals surface area contributed by atoms with Gasteiger partial charge in [-0.15, -0.1) is 0 Å². The van der Waals surface area contributed by atoms with E-state index in [-0.39, 0.29) is 5.91 Å². The number of likely N-dealkylation sites (tertiary alicyclic amines) is 1. The molecular weight excluding hydrogens is 306 g/mol. The molecule has 1 aromatic rings. The fraction of sp³-hybridized carbons (Fsp3) is 0.611. The Kier molecular flexibility index (Phi) is 5.58. The Hall–Kier alpha value is -1.79. The number of likely N-dealkylation sites (N-methyl/N-ethyl adjacent to an activating group) is 1. The number of amides is 1. The van der Waals surface area contributed by atoms with Crippen molar-refractivity contribution < 1.29 is 14.3 Å². The van der Waals surface area contributed by atoms with E-state index in [1.165, 1.54) is 12.0 Å². The lowest BCUT2D eigenvalue weighted by Crippen LogP contribution is -2.48. The van der Waals surface area contributed by atoms with E-state index in [1.807, 2.05) is 6.07 Å². The lowest BCUT2D eigenvalue weighted by atomic mass is 10.1. The van der Waals surface area contributed by atoms with Gasteiger partial charge in [0.1, 0.15) is 0 Å². The first-order valence-corrected chi connectivity index (χ1v) is 8.77. The van der Waals surface area contributed by atoms with Crippen molar-refractivity contribution in [3.8, 4) is 11.5 Å². The molecule has 6 nitrogen and oxygen atoms in total. The fourth-order valence-corrected chi connectivity index (χ4v) is 3.11. The van der Waals surface area contributed by atoms with Crippen molar-refractivity contribution in [2.75, 3.05) is 39.6 Å². The van der Waals surface area contributed by atoms with Crippen LogP contribution in [-0.4, -0.2) is 61.4 Å². The van der Waals surface area contributed by atoms with Crippen LogP contribution in [0.3, 0.4) is 0 Å². The van der Waals surface area contributed by atoms with Crippen molar-refractivity contribution in [2.24, 2.45) is 0 Å². The maximum atomic E-state index is 12.0. The van der Waals surface area contributed by atoms with E-state index in [1.54, 1.807) is 0 Å². The first-order chi connectivity index (χ1) is 11.7. The number of nitrogens with zero attached hydrogens (tertiary/aromatic N) is 2. The Morgan fingerprint density at radius 3 is 2.83 bits per heavy atom. The van der Waals surface area contributed by atoms with Crippen molar-refractivity contribution in [2.45, 2.75) is 32.7 Å². The summed E-state index contributed by atoms with van der Waals surface area (Å²) in [7, 11) is 0. The molecule has 1 unspecified atom stereocenters. The lowest BCUT2D eigenvalue weighted by Gasteiger charge is -2.31. The van der Waals surface area contributed by atoms with E-state index in [4.69, 9.17) is 9.47 Å². The average Bonchev–Trinajstić information content (AvgIpc) is 2.99. The summed E-state index contributed by atoms with van der Waals surface area (Å²) in [5.74, 6) is 1.76. The highest BCUT2D eigenvalue weighted by atomic mass is 16.7. The molecule has 1 aromatic carbocycles. The van der Waals surface area contributed by atoms with Crippen LogP contribution in [0.2, 0.25) is 0 Å². The monoisotopic (exact) mass is 333 g/mol. The smallest absolute Gasteiger partial charge is 0.235 e. The van der Waals surface area contributed by atoms with Crippen molar-refractivity contribution in [1.82, 2.24) is 15.1 Å². The predicted molar refractivity (Wildman–Crippen MR) is 92.2 cm³/mol. The number of ether oxygens (including phenoxy) is 2. The minimum Gasteiger partial charge on any atom is -0.454 e. The average molecular weight is 333 g/mol. The summed E-state index contributed by atoms with van der Waals surface area (Å²) in [6.07, 6.45) is 2.12. The van der Waals surface area contributed by atoms with Gasteiger partial charge >= 0.3 is 0 Å². The molecule has 1 fully saturated rings. The van der Waals surface area contributed by atoms with E-state index >= 15 is 0 Å². The van der Waals surface area contributed by atoms with Crippen LogP contribution in [0.4, 0.5) is 0 Å². The molecule has 1 saturated heterocycles. The molecule has 132 valence electrons. The third-order valence-corrected chi connectivity index (χ3v) is 4.79. The standard InChI is InChI=1S/C18H27N3O3/c1-3-21(12-19-18(22)11-20-7-4-8-20)14(2)9-15-5-6-16-17(10-15)24-13-23-16/h5-6,10,14H,3-4,7-9,11-13H2,1-2H3,(H,19,22). The molecule has 24 heavy (non-hydrogen) atoms. The minimum absolute atomic E-state index is 0.114. The number of nitrogens with one attached hydrogen (secondary N) is 1. The van der Waals surface area contributed by atoms with E-state index in [0.29, 0.717) is 26.0 Å². The second-order valence-corrected chi connectivity index (χ2v) is 6.53. The zero-order valence-electron chi connectivity index (χ0n) is 14.6. The largest absolute Gasteiger partial charge is 0.454 e. The van der Waals surface area contributed by atoms with Gasteiger partial charge in [0.25, 0.3) is 0 Å². The van der Waals surface area contributed by atoms with E-state index in [0.717, 1.165) is 37.6 Å². The predicted octanol–water partition coefficient (Wildman–Crippen LogP) is 1.45. The fourth-order valence-electron chi connectivity index (χ4n) is 3.11. The molecule has 0 saturated carbocycles. The summed E-state index contributed by atoms with van der Waals surface area (Å²) < 4.78 is 10.8. The number of carbonyl (C=O) groups excluding carboxylic acids is 1. The first-order valence-electron chi connectivity index (χ1n) is 8.77. The van der Waals surface area contributed by atoms with E-state index < -0.39 is 0 Å². The van der Waals surface area contributed by atoms with Crippen LogP contribution in [0.15, 0.2) is 18.2 Å². The third kappa shape index (κ3) is 4.19. The number of carbonyl (C=O) groups is 1. The van der Waals surface area contributed by atoms with Gasteiger partial charge in [0.15, 0.2) is 11.5 Å². The number of hydrogen-bond acceptors (Lipinski definition) is 5. The molecule has 1 atom stereocenters. The molecule has 6 heteroatoms. The van der Waals surface area contributed by atoms with Crippen LogP contribution < -0.4 is 14.8 Å². The van der Waals surface area contributed by atoms with Crippen molar-refractivity contribution in [3.05, 3.63) is 23.8 Å². The number of benzene rings is 1. The van der Waals surface area contributed by atoms with Gasteiger partial charge < -0.3 is 14.8 Å². The molecule has 0 aliphatic carbocycles. The molecule has 0 aromatic heterocycles. The number of rotatable bonds is 8. The Bertz CT molecular complexity index is 575. The molecular formula is C18H27N3O3. The summed E-state index contributed by atoms with van der Waals surface area (Å²) >= 11 is 0. The second kappa shape index (κ2) is 7.85. The van der Waals surface area contributed by atoms with Gasteiger partial charge in [0, 0.05) is 6.04 Å². The molecule has 0 bridgehead atoms. The maximum absolute atomic E-state index is 12.0. The molecule has 3 rings (SSSR count). The topological polar surface area (TPSA) is 54.0 Å². The van der Waals surface area contributed by atoms with Gasteiger partial charge in [-0.3, -0.25) is 14.6 Å². The maximum Gasteiger partial charge on any atom is 0.235 e. The van der Waals surface area contributed by atoms with Crippen LogP contribution >= 0.6 is 0 Å². The summed E-state index contributed by atoms with van der Waals surface area (Å²) in [6, 6.07) is 6.44. The lowest BCUT2D eigenvalue weighted by molar-refractivity contribution is -0.123. The van der Waals surface area contributed by atoms with Crippen molar-refractivity contribution in [3.63, 3.8) is 0 Å². The molecule has 1 N–H and O–H groups in total. The summed E-state index contributed by atoms with van der Waals surface area (Å²) in [4.78, 5) is 16.4. The molecule has 1 amide bonds.